The number of benzene rings is 3. The van der Waals surface area contributed by atoms with Gasteiger partial charge in [0.15, 0.2) is 12.5 Å². The van der Waals surface area contributed by atoms with E-state index in [1.165, 1.54) is 6.08 Å². The van der Waals surface area contributed by atoms with Gasteiger partial charge in [0.2, 0.25) is 5.91 Å². The minimum Gasteiger partial charge on any atom is -0.468 e. The van der Waals surface area contributed by atoms with Gasteiger partial charge in [-0.15, -0.1) is 0 Å². The summed E-state index contributed by atoms with van der Waals surface area (Å²) in [7, 11) is 1.57. The summed E-state index contributed by atoms with van der Waals surface area (Å²) in [5.74, 6) is 1.74. The molecular formula is C23H21NO4. The Morgan fingerprint density at radius 2 is 1.61 bits per heavy atom. The van der Waals surface area contributed by atoms with Gasteiger partial charge in [0.25, 0.3) is 0 Å². The van der Waals surface area contributed by atoms with Crippen LogP contribution in [0.2, 0.25) is 0 Å². The number of ether oxygens (including phenoxy) is 3. The maximum atomic E-state index is 12.3. The van der Waals surface area contributed by atoms with E-state index in [2.05, 4.69) is 5.32 Å². The van der Waals surface area contributed by atoms with Crippen LogP contribution in [0.4, 0.5) is 5.69 Å². The number of amides is 1. The van der Waals surface area contributed by atoms with Crippen molar-refractivity contribution < 1.29 is 19.0 Å². The van der Waals surface area contributed by atoms with Gasteiger partial charge < -0.3 is 19.5 Å². The molecule has 0 aromatic heterocycles. The van der Waals surface area contributed by atoms with Crippen LogP contribution >= 0.6 is 0 Å². The van der Waals surface area contributed by atoms with Crippen molar-refractivity contribution in [1.82, 2.24) is 0 Å². The molecule has 3 aromatic rings. The van der Waals surface area contributed by atoms with Gasteiger partial charge in [-0.3, -0.25) is 4.79 Å². The second kappa shape index (κ2) is 9.94. The van der Waals surface area contributed by atoms with Crippen LogP contribution in [0.15, 0.2) is 84.9 Å². The molecule has 0 radical (unpaired) electrons. The van der Waals surface area contributed by atoms with Crippen LogP contribution in [0.25, 0.3) is 6.08 Å². The van der Waals surface area contributed by atoms with Gasteiger partial charge in [-0.25, -0.2) is 0 Å². The number of hydrogen-bond acceptors (Lipinski definition) is 4. The average molecular weight is 375 g/mol. The lowest BCUT2D eigenvalue weighted by Gasteiger charge is -2.11. The average Bonchev–Trinajstić information content (AvgIpc) is 2.74. The highest BCUT2D eigenvalue weighted by molar-refractivity contribution is 6.02. The third-order valence-electron chi connectivity index (χ3n) is 3.77. The molecule has 0 aliphatic carbocycles. The Bertz CT molecular complexity index is 921. The molecule has 0 fully saturated rings. The van der Waals surface area contributed by atoms with Crippen molar-refractivity contribution in [3.63, 3.8) is 0 Å². The number of hydrogen-bond donors (Lipinski definition) is 1. The number of methoxy groups -OCH3 is 1. The quantitative estimate of drug-likeness (QED) is 0.439. The van der Waals surface area contributed by atoms with E-state index < -0.39 is 0 Å². The molecule has 5 heteroatoms. The molecule has 3 rings (SSSR count). The lowest BCUT2D eigenvalue weighted by Crippen LogP contribution is -2.08. The van der Waals surface area contributed by atoms with Gasteiger partial charge in [0.1, 0.15) is 11.5 Å². The molecular weight excluding hydrogens is 354 g/mol. The van der Waals surface area contributed by atoms with Crippen LogP contribution in [0.3, 0.4) is 0 Å². The van der Waals surface area contributed by atoms with E-state index in [1.54, 1.807) is 19.3 Å². The maximum Gasteiger partial charge on any atom is 0.248 e. The van der Waals surface area contributed by atoms with E-state index in [0.29, 0.717) is 22.9 Å². The zero-order valence-corrected chi connectivity index (χ0v) is 15.5. The summed E-state index contributed by atoms with van der Waals surface area (Å²) in [6.07, 6.45) is 3.21. The van der Waals surface area contributed by atoms with E-state index in [4.69, 9.17) is 14.2 Å². The zero-order valence-electron chi connectivity index (χ0n) is 15.5. The molecule has 0 saturated carbocycles. The number of rotatable bonds is 8. The van der Waals surface area contributed by atoms with Crippen molar-refractivity contribution in [3.05, 3.63) is 90.5 Å². The van der Waals surface area contributed by atoms with Gasteiger partial charge in [-0.1, -0.05) is 42.5 Å². The molecule has 0 saturated heterocycles. The van der Waals surface area contributed by atoms with E-state index in [-0.39, 0.29) is 12.7 Å². The Kier molecular flexibility index (Phi) is 6.82. The topological polar surface area (TPSA) is 56.8 Å². The summed E-state index contributed by atoms with van der Waals surface area (Å²) in [4.78, 5) is 12.3. The number of para-hydroxylation sites is 3. The number of nitrogens with one attached hydrogen (secondary N) is 1. The molecule has 0 aliphatic rings. The van der Waals surface area contributed by atoms with Crippen molar-refractivity contribution in [3.8, 4) is 17.2 Å². The van der Waals surface area contributed by atoms with Crippen LogP contribution in [-0.4, -0.2) is 19.8 Å². The van der Waals surface area contributed by atoms with E-state index >= 15 is 0 Å². The monoisotopic (exact) mass is 375 g/mol. The minimum absolute atomic E-state index is 0.196. The van der Waals surface area contributed by atoms with Gasteiger partial charge in [-0.05, 0) is 48.0 Å². The molecule has 0 heterocycles. The molecule has 1 N–H and O–H groups in total. The lowest BCUT2D eigenvalue weighted by atomic mass is 10.2. The van der Waals surface area contributed by atoms with Crippen molar-refractivity contribution in [1.29, 1.82) is 0 Å². The summed E-state index contributed by atoms with van der Waals surface area (Å²) in [5.41, 5.74) is 1.48. The Balaban J connectivity index is 1.62. The second-order valence-electron chi connectivity index (χ2n) is 5.85. The Morgan fingerprint density at radius 1 is 0.893 bits per heavy atom. The molecule has 3 aromatic carbocycles. The summed E-state index contributed by atoms with van der Waals surface area (Å²) >= 11 is 0. The second-order valence-corrected chi connectivity index (χ2v) is 5.85. The largest absolute Gasteiger partial charge is 0.468 e. The Morgan fingerprint density at radius 3 is 2.36 bits per heavy atom. The van der Waals surface area contributed by atoms with Crippen molar-refractivity contribution in [2.45, 2.75) is 0 Å². The molecule has 0 aliphatic heterocycles. The van der Waals surface area contributed by atoms with Crippen molar-refractivity contribution in [2.24, 2.45) is 0 Å². The molecule has 142 valence electrons. The van der Waals surface area contributed by atoms with Gasteiger partial charge in [0.05, 0.1) is 5.69 Å². The fraction of sp³-hybridized carbons (Fsp3) is 0.0870. The first kappa shape index (κ1) is 19.2. The third-order valence-corrected chi connectivity index (χ3v) is 3.77. The molecule has 0 atom stereocenters. The fourth-order valence-electron chi connectivity index (χ4n) is 2.42. The molecule has 5 nitrogen and oxygen atoms in total. The highest BCUT2D eigenvalue weighted by Gasteiger charge is 2.06. The lowest BCUT2D eigenvalue weighted by molar-refractivity contribution is -0.111. The highest BCUT2D eigenvalue weighted by atomic mass is 16.7. The van der Waals surface area contributed by atoms with E-state index in [1.807, 2.05) is 72.8 Å². The van der Waals surface area contributed by atoms with Crippen LogP contribution in [0, 0.1) is 0 Å². The van der Waals surface area contributed by atoms with E-state index in [0.717, 1.165) is 5.56 Å². The summed E-state index contributed by atoms with van der Waals surface area (Å²) < 4.78 is 16.1. The third kappa shape index (κ3) is 5.72. The maximum absolute atomic E-state index is 12.3. The van der Waals surface area contributed by atoms with Gasteiger partial charge >= 0.3 is 0 Å². The predicted octanol–water partition coefficient (Wildman–Crippen LogP) is 5.11. The molecule has 1 amide bonds. The van der Waals surface area contributed by atoms with Crippen LogP contribution in [0.1, 0.15) is 5.56 Å². The van der Waals surface area contributed by atoms with Gasteiger partial charge in [0, 0.05) is 13.2 Å². The molecule has 0 spiro atoms. The fourth-order valence-corrected chi connectivity index (χ4v) is 2.42. The van der Waals surface area contributed by atoms with Crippen LogP contribution in [0.5, 0.6) is 17.2 Å². The zero-order chi connectivity index (χ0) is 19.6. The first-order valence-corrected chi connectivity index (χ1v) is 8.77. The van der Waals surface area contributed by atoms with Crippen LogP contribution in [-0.2, 0) is 9.53 Å². The van der Waals surface area contributed by atoms with Crippen molar-refractivity contribution in [2.75, 3.05) is 19.2 Å². The number of carbonyl (C=O) groups is 1. The van der Waals surface area contributed by atoms with Crippen LogP contribution < -0.4 is 14.8 Å². The summed E-state index contributed by atoms with van der Waals surface area (Å²) in [6, 6.07) is 24.1. The molecule has 28 heavy (non-hydrogen) atoms. The van der Waals surface area contributed by atoms with Gasteiger partial charge in [-0.2, -0.15) is 0 Å². The Labute approximate surface area is 164 Å². The molecule has 0 unspecified atom stereocenters. The highest BCUT2D eigenvalue weighted by Crippen LogP contribution is 2.29. The van der Waals surface area contributed by atoms with Crippen molar-refractivity contribution >= 4 is 17.7 Å². The van der Waals surface area contributed by atoms with E-state index in [9.17, 15) is 4.79 Å². The number of carbonyl (C=O) groups excluding carboxylic acids is 1. The summed E-state index contributed by atoms with van der Waals surface area (Å²) in [6.45, 7) is 0.196. The predicted molar refractivity (Wildman–Crippen MR) is 110 cm³/mol. The minimum atomic E-state index is -0.246. The first-order valence-electron chi connectivity index (χ1n) is 8.77. The first-order chi connectivity index (χ1) is 13.7. The smallest absolute Gasteiger partial charge is 0.248 e. The Hall–Kier alpha value is -3.57. The summed E-state index contributed by atoms with van der Waals surface area (Å²) in [5, 5.41) is 2.85. The SMILES string of the molecule is COCOc1ccc(/C=C/C(=O)Nc2ccccc2Oc2ccccc2)cc1. The standard InChI is InChI=1S/C23H21NO4/c1-26-17-27-19-14-11-18(12-15-19)13-16-23(25)24-21-9-5-6-10-22(21)28-20-7-3-2-4-8-20/h2-16H,17H2,1H3,(H,24,25)/b16-13+. The normalized spacial score (nSPS) is 10.6. The number of anilines is 1. The molecule has 0 bridgehead atoms.